The van der Waals surface area contributed by atoms with Gasteiger partial charge in [-0.1, -0.05) is 19.3 Å². The molecule has 1 aliphatic rings. The zero-order chi connectivity index (χ0) is 8.10. The maximum atomic E-state index is 10.3. The first-order valence-corrected chi connectivity index (χ1v) is 4.16. The third kappa shape index (κ3) is 3.25. The van der Waals surface area contributed by atoms with Crippen molar-refractivity contribution >= 4 is 6.03 Å². The summed E-state index contributed by atoms with van der Waals surface area (Å²) in [7, 11) is 0. The van der Waals surface area contributed by atoms with Gasteiger partial charge < -0.3 is 11.1 Å². The number of hydrogen-bond donors (Lipinski definition) is 2. The summed E-state index contributed by atoms with van der Waals surface area (Å²) in [5.74, 6) is 1.44. The molecule has 3 nitrogen and oxygen atoms in total. The van der Waals surface area contributed by atoms with Gasteiger partial charge in [0.25, 0.3) is 0 Å². The van der Waals surface area contributed by atoms with Crippen molar-refractivity contribution in [3.63, 3.8) is 0 Å². The minimum absolute atomic E-state index is 0.414. The van der Waals surface area contributed by atoms with Gasteiger partial charge >= 0.3 is 6.03 Å². The van der Waals surface area contributed by atoms with Crippen LogP contribution >= 0.6 is 0 Å². The smallest absolute Gasteiger partial charge is 0.312 e. The molecule has 1 rings (SSSR count). The molecule has 0 unspecified atom stereocenters. The van der Waals surface area contributed by atoms with Crippen molar-refractivity contribution < 1.29 is 4.79 Å². The van der Waals surface area contributed by atoms with E-state index < -0.39 is 6.03 Å². The number of carbonyl (C=O) groups excluding carboxylic acids is 1. The lowest BCUT2D eigenvalue weighted by Gasteiger charge is -2.20. The molecule has 0 aromatic rings. The largest absolute Gasteiger partial charge is 0.352 e. The molecule has 1 fully saturated rings. The van der Waals surface area contributed by atoms with E-state index in [1.807, 2.05) is 0 Å². The van der Waals surface area contributed by atoms with Crippen LogP contribution in [-0.4, -0.2) is 12.6 Å². The molecule has 3 heteroatoms. The van der Waals surface area contributed by atoms with Gasteiger partial charge in [0.1, 0.15) is 0 Å². The van der Waals surface area contributed by atoms with E-state index in [0.717, 1.165) is 0 Å². The first kappa shape index (κ1) is 8.37. The maximum Gasteiger partial charge on any atom is 0.312 e. The molecule has 3 N–H and O–H groups in total. The second-order valence-corrected chi connectivity index (χ2v) is 3.03. The molecule has 2 amide bonds. The van der Waals surface area contributed by atoms with Crippen molar-refractivity contribution in [2.24, 2.45) is 5.73 Å². The monoisotopic (exact) mass is 155 g/mol. The number of primary amides is 1. The topological polar surface area (TPSA) is 55.1 Å². The number of hydrogen-bond acceptors (Lipinski definition) is 1. The van der Waals surface area contributed by atoms with Crippen molar-refractivity contribution in [1.29, 1.82) is 0 Å². The normalized spacial score (nSPS) is 19.6. The van der Waals surface area contributed by atoms with Gasteiger partial charge in [-0.3, -0.25) is 0 Å². The Morgan fingerprint density at radius 3 is 2.55 bits per heavy atom. The Labute approximate surface area is 67.3 Å². The Balaban J connectivity index is 2.09. The standard InChI is InChI=1S/C8H15N2O/c9-8(11)10-6-7-4-2-1-3-5-7/h1-6H2,(H3,9,10,11). The Bertz CT molecular complexity index is 130. The van der Waals surface area contributed by atoms with Crippen LogP contribution < -0.4 is 11.1 Å². The van der Waals surface area contributed by atoms with Gasteiger partial charge in [0.15, 0.2) is 0 Å². The number of carbonyl (C=O) groups is 1. The van der Waals surface area contributed by atoms with Crippen molar-refractivity contribution in [1.82, 2.24) is 5.32 Å². The summed E-state index contributed by atoms with van der Waals surface area (Å²) in [5, 5.41) is 2.62. The van der Waals surface area contributed by atoms with Crippen molar-refractivity contribution in [3.8, 4) is 0 Å². The highest BCUT2D eigenvalue weighted by Crippen LogP contribution is 2.24. The highest BCUT2D eigenvalue weighted by molar-refractivity contribution is 5.71. The molecule has 11 heavy (non-hydrogen) atoms. The van der Waals surface area contributed by atoms with Crippen molar-refractivity contribution in [2.45, 2.75) is 32.1 Å². The number of nitrogens with two attached hydrogens (primary N) is 1. The van der Waals surface area contributed by atoms with E-state index in [9.17, 15) is 4.79 Å². The molecule has 1 saturated carbocycles. The van der Waals surface area contributed by atoms with Gasteiger partial charge in [-0.15, -0.1) is 0 Å². The molecule has 1 radical (unpaired) electrons. The van der Waals surface area contributed by atoms with E-state index in [1.54, 1.807) is 0 Å². The third-order valence-corrected chi connectivity index (χ3v) is 2.07. The Hall–Kier alpha value is -0.730. The van der Waals surface area contributed by atoms with Crippen molar-refractivity contribution in [3.05, 3.63) is 5.92 Å². The lowest BCUT2D eigenvalue weighted by molar-refractivity contribution is 0.248. The molecule has 0 aliphatic heterocycles. The van der Waals surface area contributed by atoms with Crippen molar-refractivity contribution in [2.75, 3.05) is 6.54 Å². The molecule has 0 saturated heterocycles. The van der Waals surface area contributed by atoms with E-state index in [4.69, 9.17) is 5.73 Å². The predicted octanol–water partition coefficient (Wildman–Crippen LogP) is 1.19. The van der Waals surface area contributed by atoms with E-state index in [-0.39, 0.29) is 0 Å². The Morgan fingerprint density at radius 2 is 2.00 bits per heavy atom. The van der Waals surface area contributed by atoms with Gasteiger partial charge in [-0.05, 0) is 18.8 Å². The Kier molecular flexibility index (Phi) is 3.20. The first-order valence-electron chi connectivity index (χ1n) is 4.16. The molecular formula is C8H15N2O. The average Bonchev–Trinajstić information content (AvgIpc) is 2.03. The molecule has 1 aliphatic carbocycles. The summed E-state index contributed by atoms with van der Waals surface area (Å²) in [6.07, 6.45) is 6.21. The van der Waals surface area contributed by atoms with Crippen LogP contribution in [0.4, 0.5) is 4.79 Å². The quantitative estimate of drug-likeness (QED) is 0.618. The van der Waals surface area contributed by atoms with Crippen LogP contribution in [0.1, 0.15) is 32.1 Å². The summed E-state index contributed by atoms with van der Waals surface area (Å²) in [5.41, 5.74) is 4.95. The van der Waals surface area contributed by atoms with Gasteiger partial charge in [0.05, 0.1) is 0 Å². The van der Waals surface area contributed by atoms with Crippen LogP contribution in [0.5, 0.6) is 0 Å². The second-order valence-electron chi connectivity index (χ2n) is 3.03. The molecule has 0 aromatic carbocycles. The molecule has 0 spiro atoms. The van der Waals surface area contributed by atoms with Crippen LogP contribution in [0.15, 0.2) is 0 Å². The lowest BCUT2D eigenvalue weighted by atomic mass is 9.89. The van der Waals surface area contributed by atoms with Gasteiger partial charge in [-0.2, -0.15) is 0 Å². The summed E-state index contributed by atoms with van der Waals surface area (Å²) in [6, 6.07) is -0.414. The fraction of sp³-hybridized carbons (Fsp3) is 0.750. The summed E-state index contributed by atoms with van der Waals surface area (Å²) in [6.45, 7) is 0.690. The SMILES string of the molecule is NC(=O)NC[C]1CCCCC1. The minimum atomic E-state index is -0.414. The van der Waals surface area contributed by atoms with E-state index in [1.165, 1.54) is 38.0 Å². The fourth-order valence-electron chi connectivity index (χ4n) is 1.44. The van der Waals surface area contributed by atoms with Crippen LogP contribution in [0.3, 0.4) is 0 Å². The van der Waals surface area contributed by atoms with Gasteiger partial charge in [-0.25, -0.2) is 4.79 Å². The Morgan fingerprint density at radius 1 is 1.36 bits per heavy atom. The number of nitrogens with one attached hydrogen (secondary N) is 1. The molecular weight excluding hydrogens is 140 g/mol. The van der Waals surface area contributed by atoms with Gasteiger partial charge in [0.2, 0.25) is 0 Å². The van der Waals surface area contributed by atoms with Crippen LogP contribution in [0.25, 0.3) is 0 Å². The van der Waals surface area contributed by atoms with Gasteiger partial charge in [0, 0.05) is 6.54 Å². The zero-order valence-electron chi connectivity index (χ0n) is 6.73. The molecule has 0 heterocycles. The zero-order valence-corrected chi connectivity index (χ0v) is 6.73. The van der Waals surface area contributed by atoms with E-state index >= 15 is 0 Å². The molecule has 0 bridgehead atoms. The lowest BCUT2D eigenvalue weighted by Crippen LogP contribution is -2.33. The average molecular weight is 155 g/mol. The predicted molar refractivity (Wildman–Crippen MR) is 43.9 cm³/mol. The number of rotatable bonds is 2. The summed E-state index contributed by atoms with van der Waals surface area (Å²) in [4.78, 5) is 10.3. The number of urea groups is 1. The molecule has 63 valence electrons. The van der Waals surface area contributed by atoms with E-state index in [0.29, 0.717) is 6.54 Å². The number of amides is 2. The summed E-state index contributed by atoms with van der Waals surface area (Å²) < 4.78 is 0. The van der Waals surface area contributed by atoms with Crippen LogP contribution in [0, 0.1) is 5.92 Å². The van der Waals surface area contributed by atoms with Crippen LogP contribution in [-0.2, 0) is 0 Å². The first-order chi connectivity index (χ1) is 5.29. The van der Waals surface area contributed by atoms with Crippen LogP contribution in [0.2, 0.25) is 0 Å². The molecule has 0 atom stereocenters. The fourth-order valence-corrected chi connectivity index (χ4v) is 1.44. The highest BCUT2D eigenvalue weighted by atomic mass is 16.2. The maximum absolute atomic E-state index is 10.3. The third-order valence-electron chi connectivity index (χ3n) is 2.07. The highest BCUT2D eigenvalue weighted by Gasteiger charge is 2.13. The summed E-state index contributed by atoms with van der Waals surface area (Å²) >= 11 is 0. The minimum Gasteiger partial charge on any atom is -0.352 e. The molecule has 0 aromatic heterocycles. The van der Waals surface area contributed by atoms with E-state index in [2.05, 4.69) is 5.32 Å². The second kappa shape index (κ2) is 4.21.